The molecule has 3 nitrogen and oxygen atoms in total. The first-order chi connectivity index (χ1) is 9.11. The van der Waals surface area contributed by atoms with Gasteiger partial charge in [-0.1, -0.05) is 19.1 Å². The van der Waals surface area contributed by atoms with Crippen molar-refractivity contribution in [1.82, 2.24) is 4.90 Å². The number of hydrogen-bond acceptors (Lipinski definition) is 3. The average molecular weight is 261 g/mol. The molecular weight excluding hydrogens is 234 g/mol. The van der Waals surface area contributed by atoms with E-state index in [0.717, 1.165) is 25.6 Å². The molecule has 0 saturated carbocycles. The molecule has 1 aliphatic heterocycles. The van der Waals surface area contributed by atoms with Crippen LogP contribution in [0.25, 0.3) is 0 Å². The summed E-state index contributed by atoms with van der Waals surface area (Å²) >= 11 is 0. The third-order valence-electron chi connectivity index (χ3n) is 4.32. The number of benzene rings is 1. The van der Waals surface area contributed by atoms with Crippen LogP contribution in [-0.2, 0) is 0 Å². The van der Waals surface area contributed by atoms with E-state index in [4.69, 9.17) is 5.73 Å². The monoisotopic (exact) mass is 261 g/mol. The first kappa shape index (κ1) is 14.4. The van der Waals surface area contributed by atoms with Crippen molar-refractivity contribution in [2.75, 3.05) is 32.1 Å². The molecule has 1 heterocycles. The zero-order valence-electron chi connectivity index (χ0n) is 12.5. The highest BCUT2D eigenvalue weighted by molar-refractivity contribution is 5.48. The van der Waals surface area contributed by atoms with Crippen LogP contribution >= 0.6 is 0 Å². The van der Waals surface area contributed by atoms with E-state index in [9.17, 15) is 0 Å². The Bertz CT molecular complexity index is 377. The van der Waals surface area contributed by atoms with E-state index in [2.05, 4.69) is 55.1 Å². The fraction of sp³-hybridized carbons (Fsp3) is 0.625. The van der Waals surface area contributed by atoms with Crippen molar-refractivity contribution in [3.8, 4) is 0 Å². The fourth-order valence-corrected chi connectivity index (χ4v) is 2.81. The van der Waals surface area contributed by atoms with Crippen LogP contribution in [0.1, 0.15) is 37.8 Å². The molecule has 106 valence electrons. The number of nitrogens with zero attached hydrogens (tertiary/aromatic N) is 2. The van der Waals surface area contributed by atoms with Gasteiger partial charge in [-0.15, -0.1) is 0 Å². The van der Waals surface area contributed by atoms with E-state index >= 15 is 0 Å². The highest BCUT2D eigenvalue weighted by Crippen LogP contribution is 2.23. The molecule has 0 unspecified atom stereocenters. The molecule has 0 aromatic heterocycles. The lowest BCUT2D eigenvalue weighted by molar-refractivity contribution is 0.249. The number of nitrogens with two attached hydrogens (primary N) is 1. The molecule has 1 fully saturated rings. The standard InChI is InChI=1S/C16H27N3/c1-4-16(17)13-5-7-15(8-6-13)19-11-9-14(10-12-19)18(2)3/h5-8,14,16H,4,9-12,17H2,1-3H3/t16-/m1/s1. The van der Waals surface area contributed by atoms with Crippen molar-refractivity contribution >= 4 is 5.69 Å². The highest BCUT2D eigenvalue weighted by atomic mass is 15.2. The lowest BCUT2D eigenvalue weighted by Gasteiger charge is -2.36. The summed E-state index contributed by atoms with van der Waals surface area (Å²) in [6.07, 6.45) is 3.50. The second kappa shape index (κ2) is 6.40. The van der Waals surface area contributed by atoms with Gasteiger partial charge in [0.25, 0.3) is 0 Å². The molecular formula is C16H27N3. The van der Waals surface area contributed by atoms with Crippen molar-refractivity contribution in [2.24, 2.45) is 5.73 Å². The second-order valence-electron chi connectivity index (χ2n) is 5.79. The van der Waals surface area contributed by atoms with E-state index in [1.807, 2.05) is 0 Å². The topological polar surface area (TPSA) is 32.5 Å². The summed E-state index contributed by atoms with van der Waals surface area (Å²) in [6.45, 7) is 4.44. The van der Waals surface area contributed by atoms with Crippen LogP contribution in [0.5, 0.6) is 0 Å². The Morgan fingerprint density at radius 1 is 1.21 bits per heavy atom. The van der Waals surface area contributed by atoms with Crippen LogP contribution in [0.15, 0.2) is 24.3 Å². The number of hydrogen-bond donors (Lipinski definition) is 1. The quantitative estimate of drug-likeness (QED) is 0.904. The highest BCUT2D eigenvalue weighted by Gasteiger charge is 2.20. The zero-order chi connectivity index (χ0) is 13.8. The van der Waals surface area contributed by atoms with Gasteiger partial charge in [0.05, 0.1) is 0 Å². The summed E-state index contributed by atoms with van der Waals surface area (Å²) in [4.78, 5) is 4.84. The minimum atomic E-state index is 0.175. The van der Waals surface area contributed by atoms with Gasteiger partial charge in [-0.05, 0) is 51.1 Å². The van der Waals surface area contributed by atoms with Gasteiger partial charge >= 0.3 is 0 Å². The number of anilines is 1. The normalized spacial score (nSPS) is 18.9. The summed E-state index contributed by atoms with van der Waals surface area (Å²) in [5, 5.41) is 0. The van der Waals surface area contributed by atoms with Crippen LogP contribution in [0, 0.1) is 0 Å². The molecule has 1 aromatic rings. The molecule has 0 spiro atoms. The van der Waals surface area contributed by atoms with E-state index in [1.54, 1.807) is 0 Å². The molecule has 0 radical (unpaired) electrons. The Labute approximate surface area is 117 Å². The van der Waals surface area contributed by atoms with Crippen LogP contribution < -0.4 is 10.6 Å². The largest absolute Gasteiger partial charge is 0.371 e. The molecule has 0 amide bonds. The summed E-state index contributed by atoms with van der Waals surface area (Å²) < 4.78 is 0. The number of rotatable bonds is 4. The maximum absolute atomic E-state index is 6.06. The van der Waals surface area contributed by atoms with Gasteiger partial charge in [0.15, 0.2) is 0 Å². The Hall–Kier alpha value is -1.06. The fourth-order valence-electron chi connectivity index (χ4n) is 2.81. The molecule has 0 aliphatic carbocycles. The van der Waals surface area contributed by atoms with Gasteiger partial charge in [0.1, 0.15) is 0 Å². The molecule has 0 bridgehead atoms. The first-order valence-corrected chi connectivity index (χ1v) is 7.38. The predicted octanol–water partition coefficient (Wildman–Crippen LogP) is 2.63. The Morgan fingerprint density at radius 3 is 2.26 bits per heavy atom. The van der Waals surface area contributed by atoms with Crippen LogP contribution in [0.4, 0.5) is 5.69 Å². The summed E-state index contributed by atoms with van der Waals surface area (Å²) in [5.74, 6) is 0. The molecule has 1 atom stereocenters. The minimum Gasteiger partial charge on any atom is -0.371 e. The van der Waals surface area contributed by atoms with E-state index in [-0.39, 0.29) is 6.04 Å². The third kappa shape index (κ3) is 3.48. The first-order valence-electron chi connectivity index (χ1n) is 7.38. The molecule has 3 heteroatoms. The third-order valence-corrected chi connectivity index (χ3v) is 4.32. The van der Waals surface area contributed by atoms with E-state index in [1.165, 1.54) is 24.1 Å². The Morgan fingerprint density at radius 2 is 1.79 bits per heavy atom. The van der Waals surface area contributed by atoms with Crippen molar-refractivity contribution in [1.29, 1.82) is 0 Å². The second-order valence-corrected chi connectivity index (χ2v) is 5.79. The van der Waals surface area contributed by atoms with Crippen LogP contribution in [-0.4, -0.2) is 38.1 Å². The maximum atomic E-state index is 6.06. The maximum Gasteiger partial charge on any atom is 0.0366 e. The van der Waals surface area contributed by atoms with Gasteiger partial charge in [0.2, 0.25) is 0 Å². The van der Waals surface area contributed by atoms with Gasteiger partial charge < -0.3 is 15.5 Å². The zero-order valence-corrected chi connectivity index (χ0v) is 12.5. The molecule has 1 aliphatic rings. The Balaban J connectivity index is 1.96. The van der Waals surface area contributed by atoms with Crippen molar-refractivity contribution < 1.29 is 0 Å². The molecule has 1 aromatic carbocycles. The summed E-state index contributed by atoms with van der Waals surface area (Å²) in [7, 11) is 4.36. The molecule has 2 N–H and O–H groups in total. The van der Waals surface area contributed by atoms with Crippen molar-refractivity contribution in [2.45, 2.75) is 38.3 Å². The SMILES string of the molecule is CC[C@@H](N)c1ccc(N2CCC(N(C)C)CC2)cc1. The number of piperidine rings is 1. The molecule has 19 heavy (non-hydrogen) atoms. The van der Waals surface area contributed by atoms with Gasteiger partial charge in [-0.25, -0.2) is 0 Å². The molecule has 1 saturated heterocycles. The Kier molecular flexibility index (Phi) is 4.83. The van der Waals surface area contributed by atoms with E-state index < -0.39 is 0 Å². The summed E-state index contributed by atoms with van der Waals surface area (Å²) in [6, 6.07) is 9.72. The molecule has 2 rings (SSSR count). The lowest BCUT2D eigenvalue weighted by Crippen LogP contribution is -2.41. The smallest absolute Gasteiger partial charge is 0.0366 e. The van der Waals surface area contributed by atoms with Gasteiger partial charge in [0, 0.05) is 30.9 Å². The van der Waals surface area contributed by atoms with Gasteiger partial charge in [-0.3, -0.25) is 0 Å². The van der Waals surface area contributed by atoms with Crippen molar-refractivity contribution in [3.63, 3.8) is 0 Å². The lowest BCUT2D eigenvalue weighted by atomic mass is 10.0. The minimum absolute atomic E-state index is 0.175. The predicted molar refractivity (Wildman–Crippen MR) is 82.6 cm³/mol. The van der Waals surface area contributed by atoms with Gasteiger partial charge in [-0.2, -0.15) is 0 Å². The van der Waals surface area contributed by atoms with E-state index in [0.29, 0.717) is 0 Å². The van der Waals surface area contributed by atoms with Crippen LogP contribution in [0.3, 0.4) is 0 Å². The van der Waals surface area contributed by atoms with Crippen molar-refractivity contribution in [3.05, 3.63) is 29.8 Å². The van der Waals surface area contributed by atoms with Crippen LogP contribution in [0.2, 0.25) is 0 Å². The average Bonchev–Trinajstić information content (AvgIpc) is 2.46. The summed E-state index contributed by atoms with van der Waals surface area (Å²) in [5.41, 5.74) is 8.64.